The number of hydrogen-bond donors (Lipinski definition) is 3. The van der Waals surface area contributed by atoms with Crippen LogP contribution in [0.4, 0.5) is 0 Å². The van der Waals surface area contributed by atoms with Crippen molar-refractivity contribution < 1.29 is 27.9 Å². The molecule has 0 aromatic heterocycles. The standard InChI is InChI=1S/C11H20N2O6S2/c1-19-4-2-6-21(17,18)12-7-9(14)13-11(10(15)16)3-5-20-8-11/h12H,2-8H2,1H3,(H,13,14)(H,15,16). The highest BCUT2D eigenvalue weighted by Crippen LogP contribution is 2.28. The summed E-state index contributed by atoms with van der Waals surface area (Å²) in [6.45, 7) is -0.151. The molecular formula is C11H20N2O6S2. The number of carboxylic acids is 1. The number of carbonyl (C=O) groups is 2. The Morgan fingerprint density at radius 2 is 2.14 bits per heavy atom. The minimum atomic E-state index is -3.57. The van der Waals surface area contributed by atoms with Gasteiger partial charge >= 0.3 is 5.97 Å². The topological polar surface area (TPSA) is 122 Å². The van der Waals surface area contributed by atoms with E-state index in [2.05, 4.69) is 10.0 Å². The monoisotopic (exact) mass is 340 g/mol. The minimum absolute atomic E-state index is 0.145. The molecule has 1 amide bonds. The van der Waals surface area contributed by atoms with Crippen LogP contribution in [0.1, 0.15) is 12.8 Å². The van der Waals surface area contributed by atoms with Gasteiger partial charge in [0.25, 0.3) is 0 Å². The number of aliphatic carboxylic acids is 1. The Hall–Kier alpha value is -0.840. The summed E-state index contributed by atoms with van der Waals surface area (Å²) in [5, 5.41) is 11.6. The van der Waals surface area contributed by atoms with Crippen molar-refractivity contribution in [3.8, 4) is 0 Å². The van der Waals surface area contributed by atoms with Gasteiger partial charge in [0.15, 0.2) is 0 Å². The fourth-order valence-corrected chi connectivity index (χ4v) is 4.16. The quantitative estimate of drug-likeness (QED) is 0.461. The smallest absolute Gasteiger partial charge is 0.330 e. The van der Waals surface area contributed by atoms with Crippen LogP contribution in [0.15, 0.2) is 0 Å². The lowest BCUT2D eigenvalue weighted by Crippen LogP contribution is -2.56. The van der Waals surface area contributed by atoms with E-state index < -0.39 is 34.0 Å². The lowest BCUT2D eigenvalue weighted by Gasteiger charge is -2.24. The number of amides is 1. The lowest BCUT2D eigenvalue weighted by atomic mass is 9.99. The van der Waals surface area contributed by atoms with Gasteiger partial charge in [0.1, 0.15) is 5.54 Å². The van der Waals surface area contributed by atoms with E-state index in [0.717, 1.165) is 0 Å². The van der Waals surface area contributed by atoms with E-state index in [0.29, 0.717) is 25.2 Å². The van der Waals surface area contributed by atoms with Crippen molar-refractivity contribution in [1.29, 1.82) is 0 Å². The molecule has 1 fully saturated rings. The summed E-state index contributed by atoms with van der Waals surface area (Å²) in [6, 6.07) is 0. The summed E-state index contributed by atoms with van der Waals surface area (Å²) in [4.78, 5) is 23.0. The highest BCUT2D eigenvalue weighted by Gasteiger charge is 2.43. The van der Waals surface area contributed by atoms with E-state index in [-0.39, 0.29) is 11.5 Å². The van der Waals surface area contributed by atoms with Gasteiger partial charge in [0, 0.05) is 19.5 Å². The zero-order chi connectivity index (χ0) is 15.9. The fraction of sp³-hybridized carbons (Fsp3) is 0.818. The minimum Gasteiger partial charge on any atom is -0.479 e. The first kappa shape index (κ1) is 18.2. The molecule has 1 heterocycles. The Labute approximate surface area is 128 Å². The predicted octanol–water partition coefficient (Wildman–Crippen LogP) is -0.981. The first-order valence-electron chi connectivity index (χ1n) is 6.40. The number of ether oxygens (including phenoxy) is 1. The molecule has 0 saturated carbocycles. The van der Waals surface area contributed by atoms with Crippen molar-refractivity contribution in [2.75, 3.05) is 37.5 Å². The molecule has 0 aromatic rings. The number of carboxylic acid groups (broad SMARTS) is 1. The zero-order valence-corrected chi connectivity index (χ0v) is 13.4. The summed E-state index contributed by atoms with van der Waals surface area (Å²) < 4.78 is 30.1. The predicted molar refractivity (Wildman–Crippen MR) is 78.7 cm³/mol. The largest absolute Gasteiger partial charge is 0.479 e. The molecule has 0 radical (unpaired) electrons. The third-order valence-corrected chi connectivity index (χ3v) is 5.62. The van der Waals surface area contributed by atoms with Gasteiger partial charge in [-0.05, 0) is 18.6 Å². The van der Waals surface area contributed by atoms with Crippen molar-refractivity contribution in [1.82, 2.24) is 10.0 Å². The third kappa shape index (κ3) is 5.81. The molecule has 8 nitrogen and oxygen atoms in total. The molecule has 1 unspecified atom stereocenters. The Balaban J connectivity index is 2.45. The Bertz CT molecular complexity index is 473. The highest BCUT2D eigenvalue weighted by atomic mass is 32.2. The van der Waals surface area contributed by atoms with Gasteiger partial charge in [-0.1, -0.05) is 0 Å². The first-order valence-corrected chi connectivity index (χ1v) is 9.20. The van der Waals surface area contributed by atoms with E-state index in [4.69, 9.17) is 4.74 Å². The van der Waals surface area contributed by atoms with Crippen molar-refractivity contribution in [2.24, 2.45) is 0 Å². The maximum absolute atomic E-state index is 11.7. The lowest BCUT2D eigenvalue weighted by molar-refractivity contribution is -0.146. The Kier molecular flexibility index (Phi) is 6.91. The Morgan fingerprint density at radius 3 is 2.67 bits per heavy atom. The van der Waals surface area contributed by atoms with E-state index >= 15 is 0 Å². The molecule has 122 valence electrons. The molecular weight excluding hydrogens is 320 g/mol. The van der Waals surface area contributed by atoms with Crippen molar-refractivity contribution in [3.63, 3.8) is 0 Å². The van der Waals surface area contributed by atoms with Crippen LogP contribution in [0.3, 0.4) is 0 Å². The van der Waals surface area contributed by atoms with Gasteiger partial charge in [-0.25, -0.2) is 17.9 Å². The number of sulfonamides is 1. The maximum Gasteiger partial charge on any atom is 0.330 e. The SMILES string of the molecule is COCCCS(=O)(=O)NCC(=O)NC1(C(=O)O)CCSC1. The van der Waals surface area contributed by atoms with Crippen LogP contribution in [0.2, 0.25) is 0 Å². The van der Waals surface area contributed by atoms with Crippen molar-refractivity contribution >= 4 is 33.7 Å². The summed E-state index contributed by atoms with van der Waals surface area (Å²) in [5.74, 6) is -0.947. The number of nitrogens with one attached hydrogen (secondary N) is 2. The number of hydrogen-bond acceptors (Lipinski definition) is 6. The molecule has 0 bridgehead atoms. The van der Waals surface area contributed by atoms with Crippen LogP contribution in [-0.2, 0) is 24.3 Å². The van der Waals surface area contributed by atoms with Crippen molar-refractivity contribution in [3.05, 3.63) is 0 Å². The first-order chi connectivity index (χ1) is 9.81. The molecule has 1 rings (SSSR count). The molecule has 10 heteroatoms. The van der Waals surface area contributed by atoms with Crippen LogP contribution in [0.25, 0.3) is 0 Å². The summed E-state index contributed by atoms with van der Waals surface area (Å²) in [5.41, 5.74) is -1.29. The van der Waals surface area contributed by atoms with Crippen LogP contribution >= 0.6 is 11.8 Å². The van der Waals surface area contributed by atoms with Gasteiger partial charge in [-0.15, -0.1) is 0 Å². The molecule has 1 aliphatic rings. The normalized spacial score (nSPS) is 22.1. The summed E-state index contributed by atoms with van der Waals surface area (Å²) in [6.07, 6.45) is 0.655. The van der Waals surface area contributed by atoms with Crippen molar-refractivity contribution in [2.45, 2.75) is 18.4 Å². The number of rotatable bonds is 9. The summed E-state index contributed by atoms with van der Waals surface area (Å²) in [7, 11) is -2.10. The molecule has 1 aliphatic heterocycles. The molecule has 21 heavy (non-hydrogen) atoms. The maximum atomic E-state index is 11.7. The molecule has 0 spiro atoms. The molecule has 1 saturated heterocycles. The second-order valence-electron chi connectivity index (χ2n) is 4.72. The number of thioether (sulfide) groups is 1. The average Bonchev–Trinajstić information content (AvgIpc) is 2.87. The molecule has 3 N–H and O–H groups in total. The fourth-order valence-electron chi connectivity index (χ4n) is 1.84. The molecule has 1 atom stereocenters. The zero-order valence-electron chi connectivity index (χ0n) is 11.8. The van der Waals surface area contributed by atoms with Gasteiger partial charge in [-0.3, -0.25) is 4.79 Å². The molecule has 0 aromatic carbocycles. The summed E-state index contributed by atoms with van der Waals surface area (Å²) >= 11 is 1.44. The van der Waals surface area contributed by atoms with E-state index in [1.165, 1.54) is 18.9 Å². The second kappa shape index (κ2) is 7.97. The van der Waals surface area contributed by atoms with Gasteiger partial charge in [0.2, 0.25) is 15.9 Å². The van der Waals surface area contributed by atoms with Gasteiger partial charge in [0.05, 0.1) is 12.3 Å². The van der Waals surface area contributed by atoms with Crippen LogP contribution in [0, 0.1) is 0 Å². The van der Waals surface area contributed by atoms with Gasteiger partial charge in [-0.2, -0.15) is 11.8 Å². The number of carbonyl (C=O) groups excluding carboxylic acids is 1. The van der Waals surface area contributed by atoms with Gasteiger partial charge < -0.3 is 15.2 Å². The van der Waals surface area contributed by atoms with E-state index in [1.807, 2.05) is 0 Å². The molecule has 0 aliphatic carbocycles. The Morgan fingerprint density at radius 1 is 1.43 bits per heavy atom. The van der Waals surface area contributed by atoms with E-state index in [9.17, 15) is 23.1 Å². The van der Waals surface area contributed by atoms with E-state index in [1.54, 1.807) is 0 Å². The van der Waals surface area contributed by atoms with Crippen LogP contribution in [-0.4, -0.2) is 68.5 Å². The highest BCUT2D eigenvalue weighted by molar-refractivity contribution is 7.99. The third-order valence-electron chi connectivity index (χ3n) is 3.02. The van der Waals surface area contributed by atoms with Crippen LogP contribution < -0.4 is 10.0 Å². The average molecular weight is 340 g/mol. The van der Waals surface area contributed by atoms with Crippen LogP contribution in [0.5, 0.6) is 0 Å². The second-order valence-corrected chi connectivity index (χ2v) is 7.76. The number of methoxy groups -OCH3 is 1.